The van der Waals surface area contributed by atoms with Crippen LogP contribution < -0.4 is 5.32 Å². The minimum absolute atomic E-state index is 0.0393. The molecule has 3 aromatic heterocycles. The van der Waals surface area contributed by atoms with E-state index in [9.17, 15) is 14.4 Å². The van der Waals surface area contributed by atoms with Crippen LogP contribution in [0.5, 0.6) is 0 Å². The van der Waals surface area contributed by atoms with Crippen LogP contribution in [0.1, 0.15) is 55.9 Å². The van der Waals surface area contributed by atoms with Crippen molar-refractivity contribution < 1.29 is 23.9 Å². The van der Waals surface area contributed by atoms with E-state index in [0.717, 1.165) is 22.7 Å². The molecule has 3 rings (SSSR count). The Kier molecular flexibility index (Phi) is 8.16. The number of carbonyl (C=O) groups is 3. The number of ether oxygens (including phenoxy) is 2. The van der Waals surface area contributed by atoms with Gasteiger partial charge in [0.05, 0.1) is 25.5 Å². The maximum Gasteiger partial charge on any atom is 0.348 e. The summed E-state index contributed by atoms with van der Waals surface area (Å²) in [6.07, 6.45) is 0. The van der Waals surface area contributed by atoms with E-state index in [1.165, 1.54) is 36.4 Å². The monoisotopic (exact) mass is 522 g/mol. The van der Waals surface area contributed by atoms with Crippen LogP contribution in [0.25, 0.3) is 11.4 Å². The first-order chi connectivity index (χ1) is 16.1. The Hall–Kier alpha value is -2.70. The Morgan fingerprint density at radius 2 is 1.76 bits per heavy atom. The van der Waals surface area contributed by atoms with Gasteiger partial charge in [-0.1, -0.05) is 11.8 Å². The number of carbonyl (C=O) groups excluding carboxylic acids is 3. The third-order valence-electron chi connectivity index (χ3n) is 5.20. The van der Waals surface area contributed by atoms with Gasteiger partial charge in [0, 0.05) is 21.9 Å². The van der Waals surface area contributed by atoms with Crippen LogP contribution in [-0.4, -0.2) is 52.6 Å². The van der Waals surface area contributed by atoms with Gasteiger partial charge in [-0.25, -0.2) is 9.59 Å². The molecule has 1 amide bonds. The lowest BCUT2D eigenvalue weighted by molar-refractivity contribution is -0.113. The van der Waals surface area contributed by atoms with Crippen molar-refractivity contribution in [1.29, 1.82) is 0 Å². The summed E-state index contributed by atoms with van der Waals surface area (Å²) in [7, 11) is 2.50. The number of rotatable bonds is 8. The van der Waals surface area contributed by atoms with Crippen LogP contribution >= 0.6 is 34.4 Å². The zero-order valence-electron chi connectivity index (χ0n) is 20.0. The van der Waals surface area contributed by atoms with E-state index in [-0.39, 0.29) is 33.1 Å². The van der Waals surface area contributed by atoms with Crippen molar-refractivity contribution >= 4 is 57.3 Å². The molecule has 9 nitrogen and oxygen atoms in total. The predicted molar refractivity (Wildman–Crippen MR) is 134 cm³/mol. The van der Waals surface area contributed by atoms with E-state index in [4.69, 9.17) is 9.47 Å². The highest BCUT2D eigenvalue weighted by Gasteiger charge is 2.27. The van der Waals surface area contributed by atoms with Gasteiger partial charge in [-0.3, -0.25) is 9.36 Å². The quantitative estimate of drug-likeness (QED) is 0.329. The first kappa shape index (κ1) is 25.9. The molecule has 182 valence electrons. The van der Waals surface area contributed by atoms with Gasteiger partial charge in [0.2, 0.25) is 5.91 Å². The average molecular weight is 523 g/mol. The fourth-order valence-electron chi connectivity index (χ4n) is 3.29. The van der Waals surface area contributed by atoms with E-state index in [1.54, 1.807) is 18.3 Å². The number of aromatic nitrogens is 3. The Balaban J connectivity index is 1.82. The molecule has 0 aromatic carbocycles. The van der Waals surface area contributed by atoms with Gasteiger partial charge in [-0.2, -0.15) is 0 Å². The number of anilines is 1. The number of esters is 2. The SMILES string of the molecule is COC(=O)c1sc(NC(=O)CSc2nnc(-c3csc(C)c3C)n2C(C)C)c(C(=O)OC)c1C. The molecule has 34 heavy (non-hydrogen) atoms. The molecule has 12 heteroatoms. The zero-order valence-corrected chi connectivity index (χ0v) is 22.4. The molecule has 1 N–H and O–H groups in total. The molecule has 0 aliphatic heterocycles. The van der Waals surface area contributed by atoms with Crippen LogP contribution in [0.3, 0.4) is 0 Å². The summed E-state index contributed by atoms with van der Waals surface area (Å²) >= 11 is 3.89. The number of amides is 1. The average Bonchev–Trinajstić information content (AvgIpc) is 3.47. The van der Waals surface area contributed by atoms with Gasteiger partial charge in [0.25, 0.3) is 0 Å². The molecule has 0 unspecified atom stereocenters. The topological polar surface area (TPSA) is 112 Å². The van der Waals surface area contributed by atoms with Gasteiger partial charge in [0.15, 0.2) is 11.0 Å². The highest BCUT2D eigenvalue weighted by Crippen LogP contribution is 2.35. The lowest BCUT2D eigenvalue weighted by Gasteiger charge is -2.13. The molecule has 0 fully saturated rings. The van der Waals surface area contributed by atoms with Crippen molar-refractivity contribution in [3.05, 3.63) is 31.8 Å². The minimum Gasteiger partial charge on any atom is -0.465 e. The molecule has 3 heterocycles. The molecular formula is C22H26N4O5S3. The first-order valence-electron chi connectivity index (χ1n) is 10.3. The zero-order chi connectivity index (χ0) is 25.2. The lowest BCUT2D eigenvalue weighted by Crippen LogP contribution is -2.16. The standard InChI is InChI=1S/C22H26N4O5S3/c1-10(2)26-18(14-8-32-13(5)11(14)3)24-25-22(26)33-9-15(27)23-19-16(20(28)30-6)12(4)17(34-19)21(29)31-7/h8,10H,9H2,1-7H3,(H,23,27). The van der Waals surface area contributed by atoms with Gasteiger partial charge in [0.1, 0.15) is 9.88 Å². The number of hydrogen-bond donors (Lipinski definition) is 1. The molecular weight excluding hydrogens is 496 g/mol. The van der Waals surface area contributed by atoms with Crippen molar-refractivity contribution in [2.75, 3.05) is 25.3 Å². The van der Waals surface area contributed by atoms with Gasteiger partial charge in [-0.15, -0.1) is 32.9 Å². The molecule has 0 bridgehead atoms. The smallest absolute Gasteiger partial charge is 0.348 e. The summed E-state index contributed by atoms with van der Waals surface area (Å²) < 4.78 is 11.6. The second kappa shape index (κ2) is 10.7. The van der Waals surface area contributed by atoms with Crippen LogP contribution in [-0.2, 0) is 14.3 Å². The van der Waals surface area contributed by atoms with Crippen LogP contribution in [0.15, 0.2) is 10.5 Å². The van der Waals surface area contributed by atoms with E-state index >= 15 is 0 Å². The third kappa shape index (κ3) is 5.03. The second-order valence-electron chi connectivity index (χ2n) is 7.68. The number of hydrogen-bond acceptors (Lipinski definition) is 10. The highest BCUT2D eigenvalue weighted by atomic mass is 32.2. The van der Waals surface area contributed by atoms with Crippen LogP contribution in [0, 0.1) is 20.8 Å². The fourth-order valence-corrected chi connectivity index (χ4v) is 6.15. The number of aryl methyl sites for hydroxylation is 1. The summed E-state index contributed by atoms with van der Waals surface area (Å²) in [6.45, 7) is 9.82. The van der Waals surface area contributed by atoms with Crippen molar-refractivity contribution in [3.8, 4) is 11.4 Å². The van der Waals surface area contributed by atoms with Gasteiger partial charge in [-0.05, 0) is 45.7 Å². The van der Waals surface area contributed by atoms with E-state index in [2.05, 4.69) is 34.7 Å². The van der Waals surface area contributed by atoms with E-state index < -0.39 is 11.9 Å². The van der Waals surface area contributed by atoms with Crippen LogP contribution in [0.4, 0.5) is 5.00 Å². The summed E-state index contributed by atoms with van der Waals surface area (Å²) in [5.74, 6) is -0.770. The van der Waals surface area contributed by atoms with Gasteiger partial charge >= 0.3 is 11.9 Å². The molecule has 0 saturated carbocycles. The molecule has 0 atom stereocenters. The molecule has 0 saturated heterocycles. The molecule has 0 spiro atoms. The van der Waals surface area contributed by atoms with Crippen LogP contribution in [0.2, 0.25) is 0 Å². The van der Waals surface area contributed by atoms with E-state index in [1.807, 2.05) is 18.4 Å². The number of nitrogens with one attached hydrogen (secondary N) is 1. The highest BCUT2D eigenvalue weighted by molar-refractivity contribution is 7.99. The molecule has 0 radical (unpaired) electrons. The maximum absolute atomic E-state index is 12.8. The summed E-state index contributed by atoms with van der Waals surface area (Å²) in [4.78, 5) is 38.6. The minimum atomic E-state index is -0.641. The van der Waals surface area contributed by atoms with E-state index in [0.29, 0.717) is 10.7 Å². The number of nitrogens with zero attached hydrogens (tertiary/aromatic N) is 3. The summed E-state index contributed by atoms with van der Waals surface area (Å²) in [5.41, 5.74) is 2.74. The fraction of sp³-hybridized carbons (Fsp3) is 0.409. The van der Waals surface area contributed by atoms with Gasteiger partial charge < -0.3 is 14.8 Å². The molecule has 0 aliphatic carbocycles. The lowest BCUT2D eigenvalue weighted by atomic mass is 10.1. The first-order valence-corrected chi connectivity index (χ1v) is 13.0. The molecule has 3 aromatic rings. The maximum atomic E-state index is 12.8. The number of thiophene rings is 2. The summed E-state index contributed by atoms with van der Waals surface area (Å²) in [5, 5.41) is 14.4. The Morgan fingerprint density at radius 3 is 2.32 bits per heavy atom. The van der Waals surface area contributed by atoms with Crippen molar-refractivity contribution in [1.82, 2.24) is 14.8 Å². The predicted octanol–water partition coefficient (Wildman–Crippen LogP) is 4.88. The number of methoxy groups -OCH3 is 2. The Morgan fingerprint density at radius 1 is 1.09 bits per heavy atom. The third-order valence-corrected chi connectivity index (χ3v) is 8.34. The number of thioether (sulfide) groups is 1. The largest absolute Gasteiger partial charge is 0.465 e. The Bertz CT molecular complexity index is 1240. The van der Waals surface area contributed by atoms with Crippen molar-refractivity contribution in [2.24, 2.45) is 0 Å². The normalized spacial score (nSPS) is 11.1. The Labute approximate surface area is 209 Å². The summed E-state index contributed by atoms with van der Waals surface area (Å²) in [6, 6.07) is 0.0867. The molecule has 0 aliphatic rings. The van der Waals surface area contributed by atoms with Crippen molar-refractivity contribution in [3.63, 3.8) is 0 Å². The van der Waals surface area contributed by atoms with Crippen molar-refractivity contribution in [2.45, 2.75) is 45.8 Å². The second-order valence-corrected chi connectivity index (χ2v) is 10.7.